The second kappa shape index (κ2) is 10.9. The third-order valence-electron chi connectivity index (χ3n) is 5.65. The lowest BCUT2D eigenvalue weighted by atomic mass is 10.1. The van der Waals surface area contributed by atoms with Crippen molar-refractivity contribution in [2.75, 3.05) is 13.1 Å². The average molecular weight is 529 g/mol. The molecular formula is C22H27BrClN3O3S. The minimum absolute atomic E-state index is 0. The van der Waals surface area contributed by atoms with Gasteiger partial charge in [0.05, 0.1) is 6.54 Å². The van der Waals surface area contributed by atoms with Crippen molar-refractivity contribution in [3.8, 4) is 0 Å². The Labute approximate surface area is 201 Å². The number of halogens is 2. The largest absolute Gasteiger partial charge is 0.385 e. The van der Waals surface area contributed by atoms with Crippen molar-refractivity contribution in [2.24, 2.45) is 0 Å². The summed E-state index contributed by atoms with van der Waals surface area (Å²) in [4.78, 5) is 30.7. The quantitative estimate of drug-likeness (QED) is 0.543. The van der Waals surface area contributed by atoms with E-state index in [0.29, 0.717) is 4.88 Å². The van der Waals surface area contributed by atoms with Gasteiger partial charge in [-0.2, -0.15) is 0 Å². The number of hydrogen-bond acceptors (Lipinski definition) is 5. The summed E-state index contributed by atoms with van der Waals surface area (Å²) in [6, 6.07) is 9.97. The Morgan fingerprint density at radius 1 is 1.10 bits per heavy atom. The number of aliphatic hydroxyl groups excluding tert-OH is 1. The van der Waals surface area contributed by atoms with Gasteiger partial charge in [-0.1, -0.05) is 40.9 Å². The molecule has 2 aliphatic heterocycles. The van der Waals surface area contributed by atoms with Gasteiger partial charge in [-0.3, -0.25) is 14.6 Å². The number of imide groups is 1. The molecule has 0 bridgehead atoms. The van der Waals surface area contributed by atoms with E-state index in [1.54, 1.807) is 0 Å². The molecule has 31 heavy (non-hydrogen) atoms. The van der Waals surface area contributed by atoms with Crippen LogP contribution in [-0.4, -0.2) is 46.0 Å². The van der Waals surface area contributed by atoms with Gasteiger partial charge in [-0.05, 0) is 55.8 Å². The first-order chi connectivity index (χ1) is 14.5. The molecule has 6 nitrogen and oxygen atoms in total. The Balaban J connectivity index is 0.00000272. The maximum atomic E-state index is 12.8. The van der Waals surface area contributed by atoms with Crippen LogP contribution >= 0.6 is 39.7 Å². The Morgan fingerprint density at radius 3 is 2.55 bits per heavy atom. The minimum Gasteiger partial charge on any atom is -0.385 e. The van der Waals surface area contributed by atoms with Crippen LogP contribution in [0.1, 0.15) is 47.1 Å². The van der Waals surface area contributed by atoms with Gasteiger partial charge in [-0.15, -0.1) is 23.7 Å². The smallest absolute Gasteiger partial charge is 0.325 e. The summed E-state index contributed by atoms with van der Waals surface area (Å²) in [5, 5.41) is 13.5. The van der Waals surface area contributed by atoms with Gasteiger partial charge in [0, 0.05) is 20.8 Å². The summed E-state index contributed by atoms with van der Waals surface area (Å²) < 4.78 is 0.888. The number of nitrogens with one attached hydrogen (secondary N) is 1. The molecule has 1 aromatic carbocycles. The zero-order valence-electron chi connectivity index (χ0n) is 17.1. The second-order valence-corrected chi connectivity index (χ2v) is 10.0. The molecule has 2 unspecified atom stereocenters. The molecule has 0 saturated carbocycles. The lowest BCUT2D eigenvalue weighted by Gasteiger charge is -2.18. The Bertz CT molecular complexity index is 917. The highest BCUT2D eigenvalue weighted by Crippen LogP contribution is 2.30. The zero-order valence-corrected chi connectivity index (χ0v) is 20.3. The van der Waals surface area contributed by atoms with Crippen LogP contribution in [0.3, 0.4) is 0 Å². The van der Waals surface area contributed by atoms with E-state index in [2.05, 4.69) is 26.1 Å². The highest BCUT2D eigenvalue weighted by atomic mass is 79.9. The molecule has 168 valence electrons. The van der Waals surface area contributed by atoms with Crippen molar-refractivity contribution in [1.82, 2.24) is 15.1 Å². The first-order valence-corrected chi connectivity index (χ1v) is 12.0. The number of carbonyl (C=O) groups is 2. The molecule has 2 saturated heterocycles. The topological polar surface area (TPSA) is 72.9 Å². The molecule has 3 amide bonds. The fourth-order valence-corrected chi connectivity index (χ4v) is 5.57. The number of nitrogens with zero attached hydrogens (tertiary/aromatic N) is 2. The predicted octanol–water partition coefficient (Wildman–Crippen LogP) is 4.46. The van der Waals surface area contributed by atoms with Crippen molar-refractivity contribution in [2.45, 2.75) is 50.9 Å². The number of aliphatic hydroxyl groups is 1. The summed E-state index contributed by atoms with van der Waals surface area (Å²) in [5.74, 6) is -0.394. The first-order valence-electron chi connectivity index (χ1n) is 10.4. The number of carbonyl (C=O) groups excluding carboxylic acids is 2. The van der Waals surface area contributed by atoms with Crippen LogP contribution in [0.2, 0.25) is 0 Å². The van der Waals surface area contributed by atoms with Gasteiger partial charge in [0.2, 0.25) is 0 Å². The molecule has 3 heterocycles. The summed E-state index contributed by atoms with van der Waals surface area (Å²) in [6.45, 7) is 3.27. The number of urea groups is 1. The Hall–Kier alpha value is -1.45. The van der Waals surface area contributed by atoms with Crippen LogP contribution < -0.4 is 5.32 Å². The third kappa shape index (κ3) is 5.87. The normalized spacial score (nSPS) is 20.8. The zero-order chi connectivity index (χ0) is 21.1. The van der Waals surface area contributed by atoms with Crippen molar-refractivity contribution in [3.63, 3.8) is 0 Å². The molecular weight excluding hydrogens is 502 g/mol. The van der Waals surface area contributed by atoms with Crippen molar-refractivity contribution < 1.29 is 14.7 Å². The molecule has 9 heteroatoms. The van der Waals surface area contributed by atoms with E-state index >= 15 is 0 Å². The van der Waals surface area contributed by atoms with Gasteiger partial charge in [0.25, 0.3) is 5.91 Å². The first kappa shape index (κ1) is 24.2. The lowest BCUT2D eigenvalue weighted by Crippen LogP contribution is -2.35. The van der Waals surface area contributed by atoms with Gasteiger partial charge in [-0.25, -0.2) is 4.79 Å². The highest BCUT2D eigenvalue weighted by molar-refractivity contribution is 9.10. The monoisotopic (exact) mass is 527 g/mol. The molecule has 2 fully saturated rings. The van der Waals surface area contributed by atoms with Crippen LogP contribution in [0.25, 0.3) is 0 Å². The number of benzene rings is 1. The van der Waals surface area contributed by atoms with Gasteiger partial charge in [0.15, 0.2) is 0 Å². The maximum absolute atomic E-state index is 12.8. The molecule has 0 spiro atoms. The van der Waals surface area contributed by atoms with E-state index in [-0.39, 0.29) is 19.0 Å². The molecule has 2 aromatic rings. The highest BCUT2D eigenvalue weighted by Gasteiger charge is 2.42. The molecule has 2 atom stereocenters. The van der Waals surface area contributed by atoms with Crippen LogP contribution in [-0.2, 0) is 17.9 Å². The van der Waals surface area contributed by atoms with E-state index in [1.807, 2.05) is 36.4 Å². The summed E-state index contributed by atoms with van der Waals surface area (Å²) >= 11 is 4.92. The summed E-state index contributed by atoms with van der Waals surface area (Å²) in [7, 11) is 0. The predicted molar refractivity (Wildman–Crippen MR) is 127 cm³/mol. The fourth-order valence-electron chi connectivity index (χ4n) is 4.04. The lowest BCUT2D eigenvalue weighted by molar-refractivity contribution is -0.130. The number of likely N-dealkylation sites (tertiary alicyclic amines) is 1. The van der Waals surface area contributed by atoms with Gasteiger partial charge < -0.3 is 10.4 Å². The van der Waals surface area contributed by atoms with Crippen LogP contribution in [0, 0.1) is 0 Å². The van der Waals surface area contributed by atoms with Crippen molar-refractivity contribution >= 4 is 51.6 Å². The number of thiophene rings is 1. The van der Waals surface area contributed by atoms with Crippen LogP contribution in [0.15, 0.2) is 40.9 Å². The minimum atomic E-state index is -1.04. The van der Waals surface area contributed by atoms with E-state index in [1.165, 1.54) is 46.8 Å². The average Bonchev–Trinajstić information content (AvgIpc) is 3.18. The molecule has 2 N–H and O–H groups in total. The standard InChI is InChI=1S/C22H26BrN3O3S.ClH/c23-16-7-5-6-15(12-16)13-26-21(28)19(24-22(26)29)20(27)18-9-8-17(30-18)14-25-10-3-1-2-4-11-25;/h5-9,12,19-20,27H,1-4,10-11,13-14H2,(H,24,29);1H. The summed E-state index contributed by atoms with van der Waals surface area (Å²) in [5.41, 5.74) is 0.846. The molecule has 1 aromatic heterocycles. The van der Waals surface area contributed by atoms with Crippen LogP contribution in [0.5, 0.6) is 0 Å². The molecule has 0 radical (unpaired) electrons. The maximum Gasteiger partial charge on any atom is 0.325 e. The second-order valence-electron chi connectivity index (χ2n) is 7.92. The molecule has 4 rings (SSSR count). The number of hydrogen-bond donors (Lipinski definition) is 2. The summed E-state index contributed by atoms with van der Waals surface area (Å²) in [6.07, 6.45) is 4.02. The van der Waals surface area contributed by atoms with E-state index in [4.69, 9.17) is 0 Å². The number of amides is 3. The molecule has 2 aliphatic rings. The van der Waals surface area contributed by atoms with Crippen molar-refractivity contribution in [3.05, 3.63) is 56.2 Å². The third-order valence-corrected chi connectivity index (χ3v) is 7.29. The van der Waals surface area contributed by atoms with E-state index in [0.717, 1.165) is 29.7 Å². The molecule has 0 aliphatic carbocycles. The Morgan fingerprint density at radius 2 is 1.84 bits per heavy atom. The van der Waals surface area contributed by atoms with E-state index in [9.17, 15) is 14.7 Å². The Kier molecular flexibility index (Phi) is 8.52. The van der Waals surface area contributed by atoms with Gasteiger partial charge in [0.1, 0.15) is 12.1 Å². The fraction of sp³-hybridized carbons (Fsp3) is 0.455. The SMILES string of the molecule is Cl.O=C1NC(C(O)c2ccc(CN3CCCCCC3)s2)C(=O)N1Cc1cccc(Br)c1. The van der Waals surface area contributed by atoms with Gasteiger partial charge >= 0.3 is 6.03 Å². The van der Waals surface area contributed by atoms with E-state index < -0.39 is 24.1 Å². The van der Waals surface area contributed by atoms with Crippen molar-refractivity contribution in [1.29, 1.82) is 0 Å². The number of rotatable bonds is 6. The van der Waals surface area contributed by atoms with Crippen LogP contribution in [0.4, 0.5) is 4.79 Å².